The molecule has 7 heteroatoms. The minimum absolute atomic E-state index is 0.149. The van der Waals surface area contributed by atoms with Crippen molar-refractivity contribution in [1.29, 1.82) is 0 Å². The van der Waals surface area contributed by atoms with Crippen LogP contribution in [0.25, 0.3) is 16.7 Å². The highest BCUT2D eigenvalue weighted by molar-refractivity contribution is 5.76. The number of aromatic nitrogens is 2. The first-order valence-corrected chi connectivity index (χ1v) is 5.95. The van der Waals surface area contributed by atoms with Crippen molar-refractivity contribution in [2.75, 3.05) is 7.11 Å². The molecule has 2 aromatic rings. The van der Waals surface area contributed by atoms with Crippen LogP contribution in [0.1, 0.15) is 12.6 Å². The third-order valence-corrected chi connectivity index (χ3v) is 2.80. The Kier molecular flexibility index (Phi) is 3.93. The molecule has 0 fully saturated rings. The lowest BCUT2D eigenvalue weighted by molar-refractivity contribution is -0.385. The van der Waals surface area contributed by atoms with Gasteiger partial charge in [-0.15, -0.1) is 0 Å². The second-order valence-corrected chi connectivity index (χ2v) is 4.32. The second kappa shape index (κ2) is 5.66. The topological polar surface area (TPSA) is 78.2 Å². The fourth-order valence-electron chi connectivity index (χ4n) is 1.84. The normalized spacial score (nSPS) is 10.2. The van der Waals surface area contributed by atoms with E-state index in [4.69, 9.17) is 4.74 Å². The minimum atomic E-state index is -0.640. The summed E-state index contributed by atoms with van der Waals surface area (Å²) in [4.78, 5) is 18.3. The molecule has 108 valence electrons. The highest BCUT2D eigenvalue weighted by Crippen LogP contribution is 2.35. The maximum absolute atomic E-state index is 12.9. The summed E-state index contributed by atoms with van der Waals surface area (Å²) in [5.41, 5.74) is 1.24. The van der Waals surface area contributed by atoms with Gasteiger partial charge in [-0.1, -0.05) is 6.58 Å². The summed E-state index contributed by atoms with van der Waals surface area (Å²) < 4.78 is 18.0. The fraction of sp³-hybridized carbons (Fsp3) is 0.143. The lowest BCUT2D eigenvalue weighted by Crippen LogP contribution is -2.01. The lowest BCUT2D eigenvalue weighted by atomic mass is 10.1. The highest BCUT2D eigenvalue weighted by atomic mass is 19.1. The number of rotatable bonds is 4. The number of nitrogens with zero attached hydrogens (tertiary/aromatic N) is 3. The van der Waals surface area contributed by atoms with Crippen molar-refractivity contribution in [3.63, 3.8) is 0 Å². The molecule has 0 amide bonds. The Morgan fingerprint density at radius 3 is 2.67 bits per heavy atom. The van der Waals surface area contributed by atoms with E-state index in [-0.39, 0.29) is 17.3 Å². The van der Waals surface area contributed by atoms with E-state index in [0.29, 0.717) is 16.7 Å². The molecule has 0 bridgehead atoms. The van der Waals surface area contributed by atoms with E-state index in [1.807, 2.05) is 0 Å². The largest absolute Gasteiger partial charge is 0.481 e. The Hall–Kier alpha value is -2.83. The molecule has 0 aliphatic carbocycles. The van der Waals surface area contributed by atoms with Crippen molar-refractivity contribution in [1.82, 2.24) is 9.97 Å². The maximum atomic E-state index is 12.9. The first-order valence-electron chi connectivity index (χ1n) is 5.95. The summed E-state index contributed by atoms with van der Waals surface area (Å²) in [7, 11) is 1.40. The highest BCUT2D eigenvalue weighted by Gasteiger charge is 2.22. The van der Waals surface area contributed by atoms with Crippen LogP contribution in [-0.4, -0.2) is 22.0 Å². The predicted octanol–water partition coefficient (Wildman–Crippen LogP) is 3.23. The number of nitro groups is 1. The smallest absolute Gasteiger partial charge is 0.296 e. The van der Waals surface area contributed by atoms with Gasteiger partial charge in [-0.2, -0.15) is 4.39 Å². The van der Waals surface area contributed by atoms with Crippen LogP contribution < -0.4 is 4.74 Å². The van der Waals surface area contributed by atoms with Gasteiger partial charge in [0.1, 0.15) is 5.69 Å². The number of hydrogen-bond donors (Lipinski definition) is 0. The average Bonchev–Trinajstić information content (AvgIpc) is 2.46. The summed E-state index contributed by atoms with van der Waals surface area (Å²) in [6, 6.07) is 3.93. The quantitative estimate of drug-likeness (QED) is 0.490. The molecular weight excluding hydrogens is 277 g/mol. The first kappa shape index (κ1) is 14.6. The van der Waals surface area contributed by atoms with E-state index in [2.05, 4.69) is 16.5 Å². The molecule has 2 rings (SSSR count). The predicted molar refractivity (Wildman–Crippen MR) is 75.3 cm³/mol. The van der Waals surface area contributed by atoms with Crippen LogP contribution in [0.5, 0.6) is 5.88 Å². The van der Waals surface area contributed by atoms with Crippen LogP contribution in [0, 0.1) is 16.1 Å². The summed E-state index contributed by atoms with van der Waals surface area (Å²) in [6.07, 6.45) is 1.26. The lowest BCUT2D eigenvalue weighted by Gasteiger charge is -2.10. The SMILES string of the molecule is C=C(C)c1nc(OC)c(-c2ccc(F)nc2)cc1[N+](=O)[O-]. The summed E-state index contributed by atoms with van der Waals surface area (Å²) in [6.45, 7) is 5.29. The van der Waals surface area contributed by atoms with Gasteiger partial charge < -0.3 is 4.74 Å². The van der Waals surface area contributed by atoms with E-state index in [9.17, 15) is 14.5 Å². The van der Waals surface area contributed by atoms with Gasteiger partial charge in [0.2, 0.25) is 11.8 Å². The molecule has 0 atom stereocenters. The molecule has 0 aliphatic heterocycles. The molecule has 2 aromatic heterocycles. The second-order valence-electron chi connectivity index (χ2n) is 4.32. The van der Waals surface area contributed by atoms with Crippen molar-refractivity contribution in [2.45, 2.75) is 6.92 Å². The van der Waals surface area contributed by atoms with E-state index in [1.54, 1.807) is 6.92 Å². The van der Waals surface area contributed by atoms with Crippen LogP contribution in [0.4, 0.5) is 10.1 Å². The molecule has 0 aromatic carbocycles. The molecule has 0 spiro atoms. The van der Waals surface area contributed by atoms with E-state index in [0.717, 1.165) is 6.07 Å². The van der Waals surface area contributed by atoms with E-state index in [1.165, 1.54) is 25.4 Å². The first-order chi connectivity index (χ1) is 9.93. The minimum Gasteiger partial charge on any atom is -0.481 e. The average molecular weight is 289 g/mol. The van der Waals surface area contributed by atoms with Crippen LogP contribution >= 0.6 is 0 Å². The summed E-state index contributed by atoms with van der Waals surface area (Å²) >= 11 is 0. The number of methoxy groups -OCH3 is 1. The summed E-state index contributed by atoms with van der Waals surface area (Å²) in [5.74, 6) is -0.453. The Morgan fingerprint density at radius 2 is 2.19 bits per heavy atom. The fourth-order valence-corrected chi connectivity index (χ4v) is 1.84. The van der Waals surface area contributed by atoms with Crippen LogP contribution in [0.2, 0.25) is 0 Å². The van der Waals surface area contributed by atoms with Gasteiger partial charge in [0.25, 0.3) is 5.69 Å². The number of allylic oxidation sites excluding steroid dienone is 1. The molecule has 21 heavy (non-hydrogen) atoms. The van der Waals surface area contributed by atoms with Gasteiger partial charge in [-0.05, 0) is 24.6 Å². The van der Waals surface area contributed by atoms with Gasteiger partial charge in [0, 0.05) is 17.8 Å². The van der Waals surface area contributed by atoms with Crippen LogP contribution in [0.15, 0.2) is 31.0 Å². The summed E-state index contributed by atoms with van der Waals surface area (Å²) in [5, 5.41) is 11.2. The Labute approximate surface area is 120 Å². The molecule has 0 radical (unpaired) electrons. The number of ether oxygens (including phenoxy) is 1. The van der Waals surface area contributed by atoms with Gasteiger partial charge >= 0.3 is 0 Å². The molecule has 0 unspecified atom stereocenters. The number of pyridine rings is 2. The number of halogens is 1. The van der Waals surface area contributed by atoms with Gasteiger partial charge in [-0.25, -0.2) is 9.97 Å². The third kappa shape index (κ3) is 2.86. The molecule has 0 N–H and O–H groups in total. The molecule has 2 heterocycles. The van der Waals surface area contributed by atoms with Crippen molar-refractivity contribution in [3.8, 4) is 17.0 Å². The zero-order chi connectivity index (χ0) is 15.6. The Bertz CT molecular complexity index is 714. The molecule has 6 nitrogen and oxygen atoms in total. The van der Waals surface area contributed by atoms with Crippen molar-refractivity contribution >= 4 is 11.3 Å². The Morgan fingerprint density at radius 1 is 1.48 bits per heavy atom. The number of hydrogen-bond acceptors (Lipinski definition) is 5. The van der Waals surface area contributed by atoms with Gasteiger partial charge in [0.15, 0.2) is 0 Å². The third-order valence-electron chi connectivity index (χ3n) is 2.80. The molecular formula is C14H12FN3O3. The molecule has 0 saturated heterocycles. The van der Waals surface area contributed by atoms with Gasteiger partial charge in [0.05, 0.1) is 17.6 Å². The van der Waals surface area contributed by atoms with E-state index >= 15 is 0 Å². The van der Waals surface area contributed by atoms with Crippen molar-refractivity contribution in [2.24, 2.45) is 0 Å². The molecule has 0 saturated carbocycles. The van der Waals surface area contributed by atoms with Crippen molar-refractivity contribution in [3.05, 3.63) is 52.7 Å². The van der Waals surface area contributed by atoms with Crippen LogP contribution in [-0.2, 0) is 0 Å². The van der Waals surface area contributed by atoms with Crippen LogP contribution in [0.3, 0.4) is 0 Å². The monoisotopic (exact) mass is 289 g/mol. The zero-order valence-corrected chi connectivity index (χ0v) is 11.5. The standard InChI is InChI=1S/C14H12FN3O3/c1-8(2)13-11(18(19)20)6-10(14(17-13)21-3)9-4-5-12(15)16-7-9/h4-7H,1H2,2-3H3. The van der Waals surface area contributed by atoms with Crippen molar-refractivity contribution < 1.29 is 14.1 Å². The van der Waals surface area contributed by atoms with E-state index < -0.39 is 10.9 Å². The zero-order valence-electron chi connectivity index (χ0n) is 11.5. The Balaban J connectivity index is 2.70. The maximum Gasteiger partial charge on any atom is 0.296 e. The van der Waals surface area contributed by atoms with Gasteiger partial charge in [-0.3, -0.25) is 10.1 Å². The molecule has 0 aliphatic rings.